The molecule has 0 bridgehead atoms. The van der Waals surface area contributed by atoms with Crippen LogP contribution in [0.4, 0.5) is 0 Å². The Morgan fingerprint density at radius 1 is 0.478 bits per heavy atom. The van der Waals surface area contributed by atoms with Crippen LogP contribution in [-0.2, 0) is 68.7 Å². The standard InChI is InChI=1S/C64H105N13O13/c1-36(2)30-46-61(87)73(16)43(11)54(80)66-40(8)60(86)77(20)53(45-28-24-25-29-45)64(90)76(19)50(63(89)70(12)13)34-51(78)71(14)41(9)55(81)69-47(31-37(3)4)62(88)75(18)48(32-38(5)6)58(84)67-39(7)59(85)74(17)49(33-44-26-22-21-23-27-44)57(83)65-35-52(79)72(15)42(10)56(82)68-46/h21-23,26-27,36-43,45-50,53H,24-25,28-35H2,1-20H3,(H,65,83)(H,66,80)(H,67,84)(H,68,82)(H,69,81). The van der Waals surface area contributed by atoms with Crippen LogP contribution in [0.2, 0.25) is 0 Å². The van der Waals surface area contributed by atoms with Crippen molar-refractivity contribution in [2.45, 2.75) is 200 Å². The Morgan fingerprint density at radius 3 is 1.38 bits per heavy atom. The quantitative estimate of drug-likeness (QED) is 0.219. The molecule has 11 atom stereocenters. The van der Waals surface area contributed by atoms with E-state index in [1.807, 2.05) is 41.5 Å². The molecule has 1 saturated carbocycles. The van der Waals surface area contributed by atoms with Crippen molar-refractivity contribution in [3.8, 4) is 0 Å². The molecule has 13 amide bonds. The van der Waals surface area contributed by atoms with E-state index in [-0.39, 0.29) is 49.4 Å². The summed E-state index contributed by atoms with van der Waals surface area (Å²) in [6.07, 6.45) is 2.39. The van der Waals surface area contributed by atoms with E-state index in [0.29, 0.717) is 18.4 Å². The summed E-state index contributed by atoms with van der Waals surface area (Å²) < 4.78 is 0. The van der Waals surface area contributed by atoms with Crippen LogP contribution >= 0.6 is 0 Å². The minimum absolute atomic E-state index is 0.0125. The van der Waals surface area contributed by atoms with Crippen molar-refractivity contribution in [1.29, 1.82) is 0 Å². The summed E-state index contributed by atoms with van der Waals surface area (Å²) >= 11 is 0. The molecule has 90 heavy (non-hydrogen) atoms. The van der Waals surface area contributed by atoms with E-state index in [1.54, 1.807) is 30.3 Å². The number of rotatable bonds is 10. The number of nitrogens with one attached hydrogen (secondary N) is 5. The predicted molar refractivity (Wildman–Crippen MR) is 339 cm³/mol. The van der Waals surface area contributed by atoms with Crippen LogP contribution in [0.15, 0.2) is 30.3 Å². The first-order valence-electron chi connectivity index (χ1n) is 31.4. The molecular weight excluding hydrogens is 1160 g/mol. The molecule has 1 aliphatic carbocycles. The molecule has 1 aromatic carbocycles. The van der Waals surface area contributed by atoms with Crippen molar-refractivity contribution in [3.05, 3.63) is 35.9 Å². The van der Waals surface area contributed by atoms with Crippen molar-refractivity contribution < 1.29 is 62.3 Å². The van der Waals surface area contributed by atoms with Crippen LogP contribution in [0.3, 0.4) is 0 Å². The third-order valence-corrected chi connectivity index (χ3v) is 17.5. The first kappa shape index (κ1) is 76.6. The van der Waals surface area contributed by atoms with E-state index in [4.69, 9.17) is 0 Å². The van der Waals surface area contributed by atoms with E-state index in [2.05, 4.69) is 26.6 Å². The number of hydrogen-bond acceptors (Lipinski definition) is 13. The summed E-state index contributed by atoms with van der Waals surface area (Å²) in [6.45, 7) is 17.6. The average molecular weight is 1260 g/mol. The molecule has 0 spiro atoms. The number of likely N-dealkylation sites (N-methyl/N-ethyl adjacent to an activating group) is 8. The molecule has 3 rings (SSSR count). The predicted octanol–water partition coefficient (Wildman–Crippen LogP) is 0.993. The highest BCUT2D eigenvalue weighted by atomic mass is 16.2. The summed E-state index contributed by atoms with van der Waals surface area (Å²) in [6, 6.07) is -4.71. The van der Waals surface area contributed by atoms with Crippen LogP contribution in [0.1, 0.15) is 133 Å². The SMILES string of the molecule is CC(C)CC1NC(=O)C(C)N(C)C(=O)CNC(=O)C(Cc2ccccc2)N(C)C(=O)C(C)NC(=O)C(CC(C)C)N(C)C(=O)C(CC(C)C)NC(=O)C(C)N(C)C(=O)CC(C(=O)N(C)C)N(C)C(=O)C(C2CCCC2)N(C)C(=O)C(C)NC(=O)C(C)N(C)C1=O. The second kappa shape index (κ2) is 34.5. The lowest BCUT2D eigenvalue weighted by atomic mass is 9.94. The maximum absolute atomic E-state index is 15.0. The van der Waals surface area contributed by atoms with Crippen molar-refractivity contribution in [2.24, 2.45) is 23.7 Å². The van der Waals surface area contributed by atoms with Gasteiger partial charge in [-0.1, -0.05) is 84.7 Å². The van der Waals surface area contributed by atoms with E-state index < -0.39 is 156 Å². The zero-order valence-electron chi connectivity index (χ0n) is 57.0. The summed E-state index contributed by atoms with van der Waals surface area (Å²) in [5.74, 6) is -9.76. The second-order valence-corrected chi connectivity index (χ2v) is 26.1. The summed E-state index contributed by atoms with van der Waals surface area (Å²) in [7, 11) is 12.6. The molecule has 2 fully saturated rings. The van der Waals surface area contributed by atoms with Gasteiger partial charge in [0.15, 0.2) is 0 Å². The molecule has 26 nitrogen and oxygen atoms in total. The highest BCUT2D eigenvalue weighted by molar-refractivity contribution is 6.00. The Hall–Kier alpha value is -7.67. The maximum atomic E-state index is 15.0. The fourth-order valence-electron chi connectivity index (χ4n) is 11.3. The molecule has 11 unspecified atom stereocenters. The van der Waals surface area contributed by atoms with Crippen LogP contribution in [-0.4, -0.2) is 252 Å². The normalized spacial score (nSPS) is 27.3. The minimum atomic E-state index is -1.42. The average Bonchev–Trinajstić information content (AvgIpc) is 1.30. The second-order valence-electron chi connectivity index (χ2n) is 26.1. The first-order valence-corrected chi connectivity index (χ1v) is 31.4. The summed E-state index contributed by atoms with van der Waals surface area (Å²) in [5, 5.41) is 13.6. The molecule has 5 N–H and O–H groups in total. The lowest BCUT2D eigenvalue weighted by Crippen LogP contribution is -2.60. The molecule has 0 aromatic heterocycles. The van der Waals surface area contributed by atoms with Gasteiger partial charge in [-0.3, -0.25) is 62.3 Å². The minimum Gasteiger partial charge on any atom is -0.347 e. The van der Waals surface area contributed by atoms with Crippen LogP contribution in [0.25, 0.3) is 0 Å². The van der Waals surface area contributed by atoms with Crippen molar-refractivity contribution in [2.75, 3.05) is 70.0 Å². The number of carbonyl (C=O) groups is 13. The molecule has 504 valence electrons. The molecule has 1 aromatic rings. The molecule has 1 aliphatic heterocycles. The fraction of sp³-hybridized carbons (Fsp3) is 0.703. The third kappa shape index (κ3) is 20.7. The Kier molecular flexibility index (Phi) is 29.4. The van der Waals surface area contributed by atoms with Gasteiger partial charge in [0, 0.05) is 69.8 Å². The zero-order valence-corrected chi connectivity index (χ0v) is 57.0. The van der Waals surface area contributed by atoms with Gasteiger partial charge in [-0.2, -0.15) is 0 Å². The first-order chi connectivity index (χ1) is 41.9. The number of hydrogen-bond donors (Lipinski definition) is 5. The number of carbonyl (C=O) groups excluding carboxylic acids is 13. The molecule has 1 heterocycles. The number of nitrogens with zero attached hydrogens (tertiary/aromatic N) is 8. The molecule has 26 heteroatoms. The van der Waals surface area contributed by atoms with Gasteiger partial charge < -0.3 is 65.8 Å². The van der Waals surface area contributed by atoms with Gasteiger partial charge in [0.2, 0.25) is 76.8 Å². The van der Waals surface area contributed by atoms with E-state index in [1.165, 1.54) is 113 Å². The largest absolute Gasteiger partial charge is 0.347 e. The highest BCUT2D eigenvalue weighted by Crippen LogP contribution is 2.32. The van der Waals surface area contributed by atoms with Crippen molar-refractivity contribution in [1.82, 2.24) is 65.8 Å². The smallest absolute Gasteiger partial charge is 0.246 e. The van der Waals surface area contributed by atoms with Crippen molar-refractivity contribution >= 4 is 76.8 Å². The molecular formula is C64H105N13O13. The lowest BCUT2D eigenvalue weighted by molar-refractivity contribution is -0.154. The van der Waals surface area contributed by atoms with E-state index >= 15 is 0 Å². The Labute approximate surface area is 533 Å². The van der Waals surface area contributed by atoms with Crippen molar-refractivity contribution in [3.63, 3.8) is 0 Å². The van der Waals surface area contributed by atoms with Gasteiger partial charge in [-0.05, 0) is 96.0 Å². The molecule has 0 radical (unpaired) electrons. The van der Waals surface area contributed by atoms with Gasteiger partial charge in [0.05, 0.1) is 13.0 Å². The maximum Gasteiger partial charge on any atom is 0.246 e. The van der Waals surface area contributed by atoms with Gasteiger partial charge in [-0.25, -0.2) is 0 Å². The van der Waals surface area contributed by atoms with Gasteiger partial charge in [0.25, 0.3) is 0 Å². The van der Waals surface area contributed by atoms with Crippen LogP contribution < -0.4 is 26.6 Å². The fourth-order valence-corrected chi connectivity index (χ4v) is 11.3. The summed E-state index contributed by atoms with van der Waals surface area (Å²) in [5.41, 5.74) is 0.665. The number of benzene rings is 1. The molecule has 1 saturated heterocycles. The van der Waals surface area contributed by atoms with Crippen LogP contribution in [0.5, 0.6) is 0 Å². The Balaban J connectivity index is 2.18. The zero-order chi connectivity index (χ0) is 68.5. The van der Waals surface area contributed by atoms with Gasteiger partial charge in [0.1, 0.15) is 66.5 Å². The monoisotopic (exact) mass is 1260 g/mol. The van der Waals surface area contributed by atoms with Crippen LogP contribution in [0, 0.1) is 23.7 Å². The Morgan fingerprint density at radius 2 is 0.900 bits per heavy atom. The highest BCUT2D eigenvalue weighted by Gasteiger charge is 2.44. The van der Waals surface area contributed by atoms with E-state index in [9.17, 15) is 62.3 Å². The summed E-state index contributed by atoms with van der Waals surface area (Å²) in [4.78, 5) is 195. The lowest BCUT2D eigenvalue weighted by Gasteiger charge is -2.39. The number of amides is 13. The molecule has 2 aliphatic rings. The third-order valence-electron chi connectivity index (χ3n) is 17.5. The van der Waals surface area contributed by atoms with E-state index in [0.717, 1.165) is 37.3 Å². The Bertz CT molecular complexity index is 2720. The van der Waals surface area contributed by atoms with Gasteiger partial charge in [-0.15, -0.1) is 0 Å². The van der Waals surface area contributed by atoms with Gasteiger partial charge >= 0.3 is 0 Å². The topological polar surface area (TPSA) is 308 Å².